The first-order valence-electron chi connectivity index (χ1n) is 7.81. The van der Waals surface area contributed by atoms with E-state index in [1.807, 2.05) is 62.4 Å². The number of benzene rings is 2. The Morgan fingerprint density at radius 3 is 2.60 bits per heavy atom. The Morgan fingerprint density at radius 1 is 1.04 bits per heavy atom. The molecule has 1 heterocycles. The van der Waals surface area contributed by atoms with Crippen LogP contribution in [-0.4, -0.2) is 10.9 Å². The predicted octanol–water partition coefficient (Wildman–Crippen LogP) is 5.35. The van der Waals surface area contributed by atoms with Crippen LogP contribution in [0.4, 0.5) is 5.69 Å². The number of nitrogens with one attached hydrogen (secondary N) is 1. The normalized spacial score (nSPS) is 10.4. The Kier molecular flexibility index (Phi) is 5.33. The number of halogens is 1. The van der Waals surface area contributed by atoms with E-state index in [1.165, 1.54) is 0 Å². The fraction of sp³-hybridized carbons (Fsp3) is 0.100. The van der Waals surface area contributed by atoms with Crippen LogP contribution < -0.4 is 10.1 Å². The average Bonchev–Trinajstić information content (AvgIpc) is 2.57. The molecule has 0 radical (unpaired) electrons. The highest BCUT2D eigenvalue weighted by Crippen LogP contribution is 2.28. The molecular formula is C20H17IN2O2. The lowest BCUT2D eigenvalue weighted by atomic mass is 10.1. The van der Waals surface area contributed by atoms with Crippen molar-refractivity contribution in [1.29, 1.82) is 0 Å². The van der Waals surface area contributed by atoms with Gasteiger partial charge in [-0.15, -0.1) is 0 Å². The van der Waals surface area contributed by atoms with Crippen LogP contribution in [0.2, 0.25) is 0 Å². The first-order chi connectivity index (χ1) is 12.0. The molecule has 1 N–H and O–H groups in total. The molecule has 0 saturated heterocycles. The van der Waals surface area contributed by atoms with Crippen LogP contribution in [0.3, 0.4) is 0 Å². The second-order valence-corrected chi connectivity index (χ2v) is 6.76. The Bertz CT molecular complexity index is 925. The lowest BCUT2D eigenvalue weighted by Crippen LogP contribution is -2.14. The van der Waals surface area contributed by atoms with E-state index >= 15 is 0 Å². The molecule has 3 rings (SSSR count). The van der Waals surface area contributed by atoms with Gasteiger partial charge in [-0.3, -0.25) is 9.78 Å². The van der Waals surface area contributed by atoms with Crippen LogP contribution in [0.5, 0.6) is 11.5 Å². The van der Waals surface area contributed by atoms with Crippen molar-refractivity contribution in [2.75, 3.05) is 5.32 Å². The summed E-state index contributed by atoms with van der Waals surface area (Å²) in [5.74, 6) is 1.27. The topological polar surface area (TPSA) is 51.2 Å². The minimum absolute atomic E-state index is 0.184. The first kappa shape index (κ1) is 17.4. The molecule has 126 valence electrons. The molecule has 5 heteroatoms. The van der Waals surface area contributed by atoms with Gasteiger partial charge in [0, 0.05) is 17.4 Å². The van der Waals surface area contributed by atoms with E-state index in [9.17, 15) is 4.79 Å². The molecular weight excluding hydrogens is 427 g/mol. The van der Waals surface area contributed by atoms with E-state index in [-0.39, 0.29) is 5.91 Å². The van der Waals surface area contributed by atoms with Crippen LogP contribution in [0.25, 0.3) is 0 Å². The fourth-order valence-electron chi connectivity index (χ4n) is 2.42. The van der Waals surface area contributed by atoms with Crippen LogP contribution in [-0.2, 0) is 0 Å². The maximum absolute atomic E-state index is 12.5. The fourth-order valence-corrected chi connectivity index (χ4v) is 2.91. The SMILES string of the molecule is Cc1ccc(C(=O)Nc2cccc(Oc3ccccc3I)c2)c(C)n1. The summed E-state index contributed by atoms with van der Waals surface area (Å²) in [7, 11) is 0. The molecule has 0 aliphatic heterocycles. The van der Waals surface area contributed by atoms with Crippen molar-refractivity contribution in [3.8, 4) is 11.5 Å². The first-order valence-corrected chi connectivity index (χ1v) is 8.89. The highest BCUT2D eigenvalue weighted by atomic mass is 127. The quantitative estimate of drug-likeness (QED) is 0.553. The number of carbonyl (C=O) groups excluding carboxylic acids is 1. The number of aromatic nitrogens is 1. The smallest absolute Gasteiger partial charge is 0.257 e. The Balaban J connectivity index is 1.77. The maximum atomic E-state index is 12.5. The largest absolute Gasteiger partial charge is 0.456 e. The minimum atomic E-state index is -0.184. The number of nitrogens with zero attached hydrogens (tertiary/aromatic N) is 1. The van der Waals surface area contributed by atoms with Crippen LogP contribution >= 0.6 is 22.6 Å². The lowest BCUT2D eigenvalue weighted by Gasteiger charge is -2.11. The van der Waals surface area contributed by atoms with Gasteiger partial charge >= 0.3 is 0 Å². The summed E-state index contributed by atoms with van der Waals surface area (Å²) >= 11 is 2.23. The standard InChI is InChI=1S/C20H17IN2O2/c1-13-10-11-17(14(2)22-13)20(24)23-15-6-5-7-16(12-15)25-19-9-4-3-8-18(19)21/h3-12H,1-2H3,(H,23,24). The average molecular weight is 444 g/mol. The number of rotatable bonds is 4. The monoisotopic (exact) mass is 444 g/mol. The van der Waals surface area contributed by atoms with Gasteiger partial charge in [-0.1, -0.05) is 18.2 Å². The Morgan fingerprint density at radius 2 is 1.84 bits per heavy atom. The molecule has 0 aliphatic carbocycles. The van der Waals surface area contributed by atoms with Crippen molar-refractivity contribution in [3.05, 3.63) is 81.2 Å². The second kappa shape index (κ2) is 7.65. The van der Waals surface area contributed by atoms with Gasteiger partial charge in [-0.05, 0) is 72.8 Å². The highest BCUT2D eigenvalue weighted by molar-refractivity contribution is 14.1. The molecule has 0 bridgehead atoms. The zero-order chi connectivity index (χ0) is 17.8. The lowest BCUT2D eigenvalue weighted by molar-refractivity contribution is 0.102. The van der Waals surface area contributed by atoms with Gasteiger partial charge in [0.25, 0.3) is 5.91 Å². The molecule has 0 aliphatic rings. The van der Waals surface area contributed by atoms with E-state index in [0.29, 0.717) is 22.7 Å². The van der Waals surface area contributed by atoms with Gasteiger partial charge in [0.15, 0.2) is 0 Å². The second-order valence-electron chi connectivity index (χ2n) is 5.60. The molecule has 1 aromatic heterocycles. The van der Waals surface area contributed by atoms with Crippen molar-refractivity contribution in [3.63, 3.8) is 0 Å². The summed E-state index contributed by atoms with van der Waals surface area (Å²) in [6.07, 6.45) is 0. The van der Waals surface area contributed by atoms with Crippen LogP contribution in [0.1, 0.15) is 21.7 Å². The number of ether oxygens (including phenoxy) is 1. The Labute approximate surface area is 160 Å². The number of amides is 1. The molecule has 0 atom stereocenters. The molecule has 0 fully saturated rings. The Hall–Kier alpha value is -2.41. The zero-order valence-corrected chi connectivity index (χ0v) is 16.1. The van der Waals surface area contributed by atoms with Crippen molar-refractivity contribution >= 4 is 34.2 Å². The van der Waals surface area contributed by atoms with Crippen molar-refractivity contribution < 1.29 is 9.53 Å². The van der Waals surface area contributed by atoms with Crippen molar-refractivity contribution in [2.45, 2.75) is 13.8 Å². The van der Waals surface area contributed by atoms with Crippen molar-refractivity contribution in [1.82, 2.24) is 4.98 Å². The molecule has 25 heavy (non-hydrogen) atoms. The van der Waals surface area contributed by atoms with Crippen LogP contribution in [0.15, 0.2) is 60.7 Å². The number of pyridine rings is 1. The molecule has 3 aromatic rings. The van der Waals surface area contributed by atoms with E-state index in [1.54, 1.807) is 12.1 Å². The molecule has 0 spiro atoms. The summed E-state index contributed by atoms with van der Waals surface area (Å²) in [6, 6.07) is 18.7. The molecule has 0 saturated carbocycles. The number of aryl methyl sites for hydroxylation is 2. The highest BCUT2D eigenvalue weighted by Gasteiger charge is 2.11. The minimum Gasteiger partial charge on any atom is -0.456 e. The van der Waals surface area contributed by atoms with Gasteiger partial charge < -0.3 is 10.1 Å². The summed E-state index contributed by atoms with van der Waals surface area (Å²) in [6.45, 7) is 3.74. The summed E-state index contributed by atoms with van der Waals surface area (Å²) in [5.41, 5.74) is 2.84. The number of hydrogen-bond donors (Lipinski definition) is 1. The third-order valence-electron chi connectivity index (χ3n) is 3.63. The molecule has 2 aromatic carbocycles. The number of carbonyl (C=O) groups is 1. The summed E-state index contributed by atoms with van der Waals surface area (Å²) < 4.78 is 6.93. The van der Waals surface area contributed by atoms with Gasteiger partial charge in [-0.25, -0.2) is 0 Å². The number of hydrogen-bond acceptors (Lipinski definition) is 3. The maximum Gasteiger partial charge on any atom is 0.257 e. The summed E-state index contributed by atoms with van der Waals surface area (Å²) in [5, 5.41) is 2.90. The molecule has 4 nitrogen and oxygen atoms in total. The van der Waals surface area contributed by atoms with Crippen molar-refractivity contribution in [2.24, 2.45) is 0 Å². The summed E-state index contributed by atoms with van der Waals surface area (Å²) in [4.78, 5) is 16.8. The van der Waals surface area contributed by atoms with Gasteiger partial charge in [0.05, 0.1) is 14.8 Å². The van der Waals surface area contributed by atoms with Gasteiger partial charge in [-0.2, -0.15) is 0 Å². The van der Waals surface area contributed by atoms with E-state index < -0.39 is 0 Å². The predicted molar refractivity (Wildman–Crippen MR) is 107 cm³/mol. The third kappa shape index (κ3) is 4.36. The number of anilines is 1. The molecule has 0 unspecified atom stereocenters. The zero-order valence-electron chi connectivity index (χ0n) is 13.9. The third-order valence-corrected chi connectivity index (χ3v) is 4.52. The number of para-hydroxylation sites is 1. The van der Waals surface area contributed by atoms with E-state index in [0.717, 1.165) is 15.0 Å². The van der Waals surface area contributed by atoms with Gasteiger partial charge in [0.2, 0.25) is 0 Å². The van der Waals surface area contributed by atoms with Crippen LogP contribution in [0, 0.1) is 17.4 Å². The van der Waals surface area contributed by atoms with E-state index in [2.05, 4.69) is 32.9 Å². The molecule has 1 amide bonds. The van der Waals surface area contributed by atoms with Gasteiger partial charge in [0.1, 0.15) is 11.5 Å². The van der Waals surface area contributed by atoms with E-state index in [4.69, 9.17) is 4.74 Å².